The lowest BCUT2D eigenvalue weighted by Gasteiger charge is -2.09. The third-order valence-electron chi connectivity index (χ3n) is 4.15. The molecule has 2 heterocycles. The molecule has 0 aliphatic heterocycles. The Balaban J connectivity index is 1.84. The second-order valence-corrected chi connectivity index (χ2v) is 7.45. The largest absolute Gasteiger partial charge is 0.318 e. The first-order chi connectivity index (χ1) is 12.9. The maximum atomic E-state index is 12.4. The molecule has 27 heavy (non-hydrogen) atoms. The number of hydrogen-bond donors (Lipinski definition) is 1. The number of pyridine rings is 1. The summed E-state index contributed by atoms with van der Waals surface area (Å²) in [6.45, 7) is 4.09. The van der Waals surface area contributed by atoms with Crippen LogP contribution in [0.15, 0.2) is 47.5 Å². The van der Waals surface area contributed by atoms with Crippen molar-refractivity contribution in [2.45, 2.75) is 19.8 Å². The zero-order valence-electron chi connectivity index (χ0n) is 15.2. The molecule has 1 amide bonds. The van der Waals surface area contributed by atoms with Crippen molar-refractivity contribution in [2.24, 2.45) is 7.05 Å². The van der Waals surface area contributed by atoms with Crippen molar-refractivity contribution >= 4 is 22.4 Å². The van der Waals surface area contributed by atoms with E-state index >= 15 is 0 Å². The summed E-state index contributed by atoms with van der Waals surface area (Å²) in [7, 11) is 1.60. The van der Waals surface area contributed by atoms with Gasteiger partial charge in [0, 0.05) is 25.5 Å². The Hall–Kier alpha value is -3.24. The van der Waals surface area contributed by atoms with Crippen LogP contribution < -0.4 is 10.9 Å². The zero-order chi connectivity index (χ0) is 19.6. The first kappa shape index (κ1) is 18.5. The minimum atomic E-state index is -0.325. The van der Waals surface area contributed by atoms with E-state index in [2.05, 4.69) is 16.4 Å². The SMILES string of the molecule is CC(C)c1cc(-c2cnc(NC(=O)c3ccc(=O)n(C)c3)s2)ccc1C#N. The van der Waals surface area contributed by atoms with Crippen LogP contribution in [0, 0.1) is 11.3 Å². The highest BCUT2D eigenvalue weighted by Crippen LogP contribution is 2.32. The van der Waals surface area contributed by atoms with E-state index in [9.17, 15) is 14.9 Å². The van der Waals surface area contributed by atoms with E-state index in [0.717, 1.165) is 16.0 Å². The number of rotatable bonds is 4. The van der Waals surface area contributed by atoms with Gasteiger partial charge in [0.15, 0.2) is 5.13 Å². The van der Waals surface area contributed by atoms with Gasteiger partial charge in [0.05, 0.1) is 22.1 Å². The summed E-state index contributed by atoms with van der Waals surface area (Å²) in [6, 6.07) is 10.8. The fraction of sp³-hybridized carbons (Fsp3) is 0.200. The summed E-state index contributed by atoms with van der Waals surface area (Å²) in [5.41, 5.74) is 2.82. The van der Waals surface area contributed by atoms with Gasteiger partial charge < -0.3 is 4.57 Å². The Labute approximate surface area is 160 Å². The van der Waals surface area contributed by atoms with Gasteiger partial charge in [-0.2, -0.15) is 5.26 Å². The normalized spacial score (nSPS) is 10.6. The Kier molecular flexibility index (Phi) is 5.19. The number of anilines is 1. The summed E-state index contributed by atoms with van der Waals surface area (Å²) >= 11 is 1.36. The lowest BCUT2D eigenvalue weighted by atomic mass is 9.95. The minimum absolute atomic E-state index is 0.176. The predicted molar refractivity (Wildman–Crippen MR) is 106 cm³/mol. The van der Waals surface area contributed by atoms with Gasteiger partial charge >= 0.3 is 0 Å². The molecule has 136 valence electrons. The molecule has 0 fully saturated rings. The molecule has 3 aromatic rings. The third-order valence-corrected chi connectivity index (χ3v) is 5.11. The van der Waals surface area contributed by atoms with Gasteiger partial charge in [0.1, 0.15) is 0 Å². The molecular weight excluding hydrogens is 360 g/mol. The van der Waals surface area contributed by atoms with Gasteiger partial charge in [0.25, 0.3) is 5.91 Å². The first-order valence-corrected chi connectivity index (χ1v) is 9.19. The molecule has 0 aliphatic carbocycles. The van der Waals surface area contributed by atoms with Gasteiger partial charge in [-0.1, -0.05) is 31.3 Å². The number of aromatic nitrogens is 2. The van der Waals surface area contributed by atoms with Crippen LogP contribution in [-0.4, -0.2) is 15.5 Å². The molecule has 2 aromatic heterocycles. The molecule has 0 atom stereocenters. The van der Waals surface area contributed by atoms with Gasteiger partial charge in [-0.25, -0.2) is 4.98 Å². The molecule has 3 rings (SSSR count). The van der Waals surface area contributed by atoms with Crippen molar-refractivity contribution in [3.05, 3.63) is 69.8 Å². The molecule has 0 bridgehead atoms. The second kappa shape index (κ2) is 7.56. The summed E-state index contributed by atoms with van der Waals surface area (Å²) in [5.74, 6) is -0.0920. The molecule has 6 nitrogen and oxygen atoms in total. The number of carbonyl (C=O) groups is 1. The number of thiazole rings is 1. The molecule has 0 saturated carbocycles. The highest BCUT2D eigenvalue weighted by Gasteiger charge is 2.13. The number of nitriles is 1. The minimum Gasteiger partial charge on any atom is -0.318 e. The Morgan fingerprint density at radius 3 is 2.74 bits per heavy atom. The van der Waals surface area contributed by atoms with Gasteiger partial charge in [-0.05, 0) is 35.2 Å². The molecule has 0 spiro atoms. The van der Waals surface area contributed by atoms with Crippen LogP contribution in [0.3, 0.4) is 0 Å². The molecule has 1 aromatic carbocycles. The van der Waals surface area contributed by atoms with Gasteiger partial charge in [-0.15, -0.1) is 0 Å². The van der Waals surface area contributed by atoms with E-state index in [4.69, 9.17) is 0 Å². The topological polar surface area (TPSA) is 87.8 Å². The molecular formula is C20H18N4O2S. The summed E-state index contributed by atoms with van der Waals surface area (Å²) < 4.78 is 1.35. The zero-order valence-corrected chi connectivity index (χ0v) is 16.0. The number of hydrogen-bond acceptors (Lipinski definition) is 5. The summed E-state index contributed by atoms with van der Waals surface area (Å²) in [6.07, 6.45) is 3.19. The number of aryl methyl sites for hydroxylation is 1. The van der Waals surface area contributed by atoms with Crippen molar-refractivity contribution in [3.63, 3.8) is 0 Å². The standard InChI is InChI=1S/C20H18N4O2S/c1-12(2)16-8-13(4-5-14(16)9-21)17-10-22-20(27-17)23-19(26)15-6-7-18(25)24(3)11-15/h4-8,10-12H,1-3H3,(H,22,23,26). The molecule has 0 saturated heterocycles. The maximum absolute atomic E-state index is 12.4. The highest BCUT2D eigenvalue weighted by atomic mass is 32.1. The van der Waals surface area contributed by atoms with Crippen LogP contribution in [0.25, 0.3) is 10.4 Å². The van der Waals surface area contributed by atoms with E-state index in [0.29, 0.717) is 16.3 Å². The van der Waals surface area contributed by atoms with Crippen LogP contribution in [0.2, 0.25) is 0 Å². The summed E-state index contributed by atoms with van der Waals surface area (Å²) in [4.78, 5) is 29.0. The summed E-state index contributed by atoms with van der Waals surface area (Å²) in [5, 5.41) is 12.5. The lowest BCUT2D eigenvalue weighted by molar-refractivity contribution is 0.102. The Morgan fingerprint density at radius 1 is 1.30 bits per heavy atom. The van der Waals surface area contributed by atoms with Crippen molar-refractivity contribution in [3.8, 4) is 16.5 Å². The van der Waals surface area contributed by atoms with Crippen molar-refractivity contribution in [1.29, 1.82) is 5.26 Å². The van der Waals surface area contributed by atoms with Gasteiger partial charge in [0.2, 0.25) is 5.56 Å². The van der Waals surface area contributed by atoms with E-state index < -0.39 is 0 Å². The van der Waals surface area contributed by atoms with Crippen LogP contribution in [0.1, 0.15) is 41.3 Å². The Bertz CT molecular complexity index is 1110. The first-order valence-electron chi connectivity index (χ1n) is 8.37. The van der Waals surface area contributed by atoms with E-state index in [1.807, 2.05) is 32.0 Å². The van der Waals surface area contributed by atoms with Crippen LogP contribution in [0.4, 0.5) is 5.13 Å². The number of nitrogens with zero attached hydrogens (tertiary/aromatic N) is 3. The predicted octanol–water partition coefficient (Wildman–Crippen LogP) is 3.76. The number of nitrogens with one attached hydrogen (secondary N) is 1. The number of carbonyl (C=O) groups excluding carboxylic acids is 1. The van der Waals surface area contributed by atoms with Crippen LogP contribution in [-0.2, 0) is 7.05 Å². The quantitative estimate of drug-likeness (QED) is 0.749. The van der Waals surface area contributed by atoms with Crippen LogP contribution >= 0.6 is 11.3 Å². The molecule has 0 radical (unpaired) electrons. The van der Waals surface area contributed by atoms with E-state index in [-0.39, 0.29) is 17.4 Å². The third kappa shape index (κ3) is 3.96. The monoisotopic (exact) mass is 378 g/mol. The number of benzene rings is 1. The molecule has 0 aliphatic rings. The van der Waals surface area contributed by atoms with Crippen LogP contribution in [0.5, 0.6) is 0 Å². The average molecular weight is 378 g/mol. The second-order valence-electron chi connectivity index (χ2n) is 6.42. The Morgan fingerprint density at radius 2 is 2.07 bits per heavy atom. The molecule has 7 heteroatoms. The van der Waals surface area contributed by atoms with Crippen molar-refractivity contribution < 1.29 is 4.79 Å². The smallest absolute Gasteiger partial charge is 0.258 e. The van der Waals surface area contributed by atoms with E-state index in [1.165, 1.54) is 34.2 Å². The number of amides is 1. The molecule has 0 unspecified atom stereocenters. The highest BCUT2D eigenvalue weighted by molar-refractivity contribution is 7.19. The average Bonchev–Trinajstić information content (AvgIpc) is 3.11. The maximum Gasteiger partial charge on any atom is 0.258 e. The fourth-order valence-corrected chi connectivity index (χ4v) is 3.47. The fourth-order valence-electron chi connectivity index (χ4n) is 2.66. The van der Waals surface area contributed by atoms with Crippen molar-refractivity contribution in [1.82, 2.24) is 9.55 Å². The molecule has 1 N–H and O–H groups in total. The van der Waals surface area contributed by atoms with E-state index in [1.54, 1.807) is 13.2 Å². The van der Waals surface area contributed by atoms with Gasteiger partial charge in [-0.3, -0.25) is 14.9 Å². The van der Waals surface area contributed by atoms with Crippen molar-refractivity contribution in [2.75, 3.05) is 5.32 Å². The lowest BCUT2D eigenvalue weighted by Crippen LogP contribution is -2.19.